The van der Waals surface area contributed by atoms with E-state index in [9.17, 15) is 0 Å². The average Bonchev–Trinajstić information content (AvgIpc) is 2.37. The molecule has 1 rings (SSSR count). The number of thioether (sulfide) groups is 1. The van der Waals surface area contributed by atoms with E-state index in [-0.39, 0.29) is 0 Å². The lowest BCUT2D eigenvalue weighted by Crippen LogP contribution is -2.30. The molecule has 0 saturated heterocycles. The number of anilines is 1. The third-order valence-electron chi connectivity index (χ3n) is 3.24. The van der Waals surface area contributed by atoms with Crippen molar-refractivity contribution in [1.82, 2.24) is 0 Å². The minimum atomic E-state index is 0.507. The molecule has 1 aromatic rings. The number of hydrogen-bond acceptors (Lipinski definition) is 3. The van der Waals surface area contributed by atoms with Crippen molar-refractivity contribution >= 4 is 29.1 Å². The first-order valence-corrected chi connectivity index (χ1v) is 8.07. The van der Waals surface area contributed by atoms with Gasteiger partial charge in [-0.3, -0.25) is 0 Å². The van der Waals surface area contributed by atoms with Gasteiger partial charge in [0.1, 0.15) is 0 Å². The highest BCUT2D eigenvalue weighted by atomic mass is 35.5. The summed E-state index contributed by atoms with van der Waals surface area (Å²) in [6.07, 6.45) is 4.21. The lowest BCUT2D eigenvalue weighted by Gasteiger charge is -2.29. The highest BCUT2D eigenvalue weighted by Gasteiger charge is 2.13. The van der Waals surface area contributed by atoms with E-state index in [1.54, 1.807) is 0 Å². The lowest BCUT2D eigenvalue weighted by atomic mass is 10.1. The molecule has 0 aliphatic heterocycles. The van der Waals surface area contributed by atoms with Crippen molar-refractivity contribution in [2.75, 3.05) is 30.5 Å². The van der Waals surface area contributed by atoms with Crippen molar-refractivity contribution in [2.24, 2.45) is 5.73 Å². The molecule has 0 aromatic heterocycles. The molecular formula is C14H23ClN2S. The van der Waals surface area contributed by atoms with E-state index in [0.717, 1.165) is 11.4 Å². The SMILES string of the molecule is CSCCC(C)N(C)c1cc(Cl)ccc1CCN. The summed E-state index contributed by atoms with van der Waals surface area (Å²) in [4.78, 5) is 2.31. The molecule has 0 amide bonds. The van der Waals surface area contributed by atoms with Crippen LogP contribution >= 0.6 is 23.4 Å². The third-order valence-corrected chi connectivity index (χ3v) is 4.12. The Morgan fingerprint density at radius 3 is 2.78 bits per heavy atom. The van der Waals surface area contributed by atoms with Crippen molar-refractivity contribution in [2.45, 2.75) is 25.8 Å². The molecule has 0 aliphatic rings. The molecular weight excluding hydrogens is 264 g/mol. The Balaban J connectivity index is 2.87. The van der Waals surface area contributed by atoms with Crippen LogP contribution in [0.3, 0.4) is 0 Å². The molecule has 0 heterocycles. The quantitative estimate of drug-likeness (QED) is 0.833. The molecule has 0 radical (unpaired) electrons. The maximum Gasteiger partial charge on any atom is 0.0426 e. The molecule has 0 aliphatic carbocycles. The maximum absolute atomic E-state index is 6.11. The zero-order valence-electron chi connectivity index (χ0n) is 11.4. The van der Waals surface area contributed by atoms with E-state index in [4.69, 9.17) is 17.3 Å². The first-order valence-electron chi connectivity index (χ1n) is 6.30. The van der Waals surface area contributed by atoms with Crippen LogP contribution in [0.15, 0.2) is 18.2 Å². The molecule has 4 heteroatoms. The monoisotopic (exact) mass is 286 g/mol. The Morgan fingerprint density at radius 1 is 1.44 bits per heavy atom. The largest absolute Gasteiger partial charge is 0.372 e. The predicted molar refractivity (Wildman–Crippen MR) is 85.1 cm³/mol. The van der Waals surface area contributed by atoms with Gasteiger partial charge in [-0.05, 0) is 56.0 Å². The first kappa shape index (κ1) is 15.7. The van der Waals surface area contributed by atoms with Crippen LogP contribution in [-0.4, -0.2) is 31.6 Å². The second-order valence-corrected chi connectivity index (χ2v) is 5.98. The number of nitrogens with zero attached hydrogens (tertiary/aromatic N) is 1. The molecule has 2 N–H and O–H groups in total. The second kappa shape index (κ2) is 7.93. The Kier molecular flexibility index (Phi) is 6.90. The highest BCUT2D eigenvalue weighted by Crippen LogP contribution is 2.26. The van der Waals surface area contributed by atoms with Crippen LogP contribution < -0.4 is 10.6 Å². The van der Waals surface area contributed by atoms with Crippen LogP contribution in [0.1, 0.15) is 18.9 Å². The van der Waals surface area contributed by atoms with Crippen molar-refractivity contribution < 1.29 is 0 Å². The summed E-state index contributed by atoms with van der Waals surface area (Å²) in [6, 6.07) is 6.58. The van der Waals surface area contributed by atoms with Crippen molar-refractivity contribution in [3.05, 3.63) is 28.8 Å². The van der Waals surface area contributed by atoms with Gasteiger partial charge in [0.05, 0.1) is 0 Å². The molecule has 1 atom stereocenters. The van der Waals surface area contributed by atoms with Crippen LogP contribution in [-0.2, 0) is 6.42 Å². The summed E-state index contributed by atoms with van der Waals surface area (Å²) in [5.41, 5.74) is 8.16. The van der Waals surface area contributed by atoms with Gasteiger partial charge in [0.15, 0.2) is 0 Å². The second-order valence-electron chi connectivity index (χ2n) is 4.55. The van der Waals surface area contributed by atoms with Gasteiger partial charge in [0.25, 0.3) is 0 Å². The zero-order valence-corrected chi connectivity index (χ0v) is 13.0. The van der Waals surface area contributed by atoms with Crippen LogP contribution in [0.5, 0.6) is 0 Å². The fourth-order valence-electron chi connectivity index (χ4n) is 1.95. The van der Waals surface area contributed by atoms with Crippen molar-refractivity contribution in [3.8, 4) is 0 Å². The predicted octanol–water partition coefficient (Wildman–Crippen LogP) is 3.42. The van der Waals surface area contributed by atoms with Gasteiger partial charge in [-0.15, -0.1) is 0 Å². The minimum Gasteiger partial charge on any atom is -0.372 e. The van der Waals surface area contributed by atoms with Gasteiger partial charge in [-0.1, -0.05) is 17.7 Å². The summed E-state index contributed by atoms with van der Waals surface area (Å²) >= 11 is 8.00. The van der Waals surface area contributed by atoms with E-state index in [2.05, 4.69) is 31.2 Å². The Morgan fingerprint density at radius 2 is 2.17 bits per heavy atom. The van der Waals surface area contributed by atoms with Crippen molar-refractivity contribution in [3.63, 3.8) is 0 Å². The van der Waals surface area contributed by atoms with Gasteiger partial charge < -0.3 is 10.6 Å². The van der Waals surface area contributed by atoms with Crippen LogP contribution in [0.25, 0.3) is 0 Å². The Labute approximate surface area is 120 Å². The summed E-state index contributed by atoms with van der Waals surface area (Å²) in [6.45, 7) is 2.92. The van der Waals surface area contributed by atoms with E-state index >= 15 is 0 Å². The highest BCUT2D eigenvalue weighted by molar-refractivity contribution is 7.98. The Hall–Kier alpha value is -0.380. The maximum atomic E-state index is 6.11. The molecule has 18 heavy (non-hydrogen) atoms. The molecule has 1 aromatic carbocycles. The summed E-state index contributed by atoms with van der Waals surface area (Å²) in [5, 5.41) is 0.787. The number of rotatable bonds is 7. The minimum absolute atomic E-state index is 0.507. The van der Waals surface area contributed by atoms with Crippen LogP contribution in [0, 0.1) is 0 Å². The van der Waals surface area contributed by atoms with E-state index in [0.29, 0.717) is 12.6 Å². The summed E-state index contributed by atoms with van der Waals surface area (Å²) in [7, 11) is 2.14. The van der Waals surface area contributed by atoms with Gasteiger partial charge in [0, 0.05) is 23.8 Å². The first-order chi connectivity index (χ1) is 8.60. The van der Waals surface area contributed by atoms with Gasteiger partial charge >= 0.3 is 0 Å². The zero-order chi connectivity index (χ0) is 13.5. The standard InChI is InChI=1S/C14H23ClN2S/c1-11(7-9-18-3)17(2)14-10-13(15)5-4-12(14)6-8-16/h4-5,10-11H,6-9,16H2,1-3H3. The Bertz CT molecular complexity index is 371. The molecule has 2 nitrogen and oxygen atoms in total. The summed E-state index contributed by atoms with van der Waals surface area (Å²) < 4.78 is 0. The fraction of sp³-hybridized carbons (Fsp3) is 0.571. The molecule has 0 bridgehead atoms. The topological polar surface area (TPSA) is 29.3 Å². The number of nitrogens with two attached hydrogens (primary N) is 1. The van der Waals surface area contributed by atoms with Crippen molar-refractivity contribution in [1.29, 1.82) is 0 Å². The van der Waals surface area contributed by atoms with Gasteiger partial charge in [-0.2, -0.15) is 11.8 Å². The van der Waals surface area contributed by atoms with E-state index < -0.39 is 0 Å². The van der Waals surface area contributed by atoms with Gasteiger partial charge in [-0.25, -0.2) is 0 Å². The smallest absolute Gasteiger partial charge is 0.0426 e. The van der Waals surface area contributed by atoms with E-state index in [1.807, 2.05) is 23.9 Å². The molecule has 0 fully saturated rings. The number of halogens is 1. The average molecular weight is 287 g/mol. The molecule has 102 valence electrons. The molecule has 0 spiro atoms. The fourth-order valence-corrected chi connectivity index (χ4v) is 2.69. The van der Waals surface area contributed by atoms with Gasteiger partial charge in [0.2, 0.25) is 0 Å². The lowest BCUT2D eigenvalue weighted by molar-refractivity contribution is 0.666. The van der Waals surface area contributed by atoms with Crippen LogP contribution in [0.4, 0.5) is 5.69 Å². The molecule has 0 saturated carbocycles. The number of hydrogen-bond donors (Lipinski definition) is 1. The summed E-state index contributed by atoms with van der Waals surface area (Å²) in [5.74, 6) is 1.18. The normalized spacial score (nSPS) is 12.5. The molecule has 1 unspecified atom stereocenters. The van der Waals surface area contributed by atoms with E-state index in [1.165, 1.54) is 23.4 Å². The third kappa shape index (κ3) is 4.38. The van der Waals surface area contributed by atoms with Crippen LogP contribution in [0.2, 0.25) is 5.02 Å². The number of benzene rings is 1.